The molecule has 2 heteroatoms. The molecular weight excluding hydrogens is 294 g/mol. The van der Waals surface area contributed by atoms with Gasteiger partial charge >= 0.3 is 0 Å². The maximum Gasteiger partial charge on any atom is 0.118 e. The minimum Gasteiger partial charge on any atom is -0.497 e. The van der Waals surface area contributed by atoms with Crippen LogP contribution < -0.4 is 9.64 Å². The summed E-state index contributed by atoms with van der Waals surface area (Å²) in [6.07, 6.45) is 5.97. The number of methoxy groups -OCH3 is 1. The predicted octanol–water partition coefficient (Wildman–Crippen LogP) is 4.88. The molecule has 0 heterocycles. The van der Waals surface area contributed by atoms with Gasteiger partial charge < -0.3 is 9.64 Å². The summed E-state index contributed by atoms with van der Waals surface area (Å²) in [5.41, 5.74) is 6.90. The normalized spacial score (nSPS) is 21.5. The van der Waals surface area contributed by atoms with Gasteiger partial charge in [-0.15, -0.1) is 0 Å². The number of nitrogens with zero attached hydrogens (tertiary/aromatic N) is 1. The molecule has 2 aromatic rings. The number of allylic oxidation sites excluding steroid dienone is 4. The van der Waals surface area contributed by atoms with Crippen LogP contribution in [0.2, 0.25) is 0 Å². The van der Waals surface area contributed by atoms with Crippen LogP contribution in [0.3, 0.4) is 0 Å². The van der Waals surface area contributed by atoms with Crippen molar-refractivity contribution in [2.24, 2.45) is 11.8 Å². The molecule has 0 spiro atoms. The van der Waals surface area contributed by atoms with Crippen molar-refractivity contribution in [1.82, 2.24) is 0 Å². The van der Waals surface area contributed by atoms with E-state index in [1.165, 1.54) is 34.4 Å². The number of rotatable bonds is 4. The zero-order valence-electron chi connectivity index (χ0n) is 14.5. The molecule has 0 aromatic heterocycles. The summed E-state index contributed by atoms with van der Waals surface area (Å²) in [6.45, 7) is 0. The first-order chi connectivity index (χ1) is 11.7. The van der Waals surface area contributed by atoms with Gasteiger partial charge in [0.15, 0.2) is 0 Å². The van der Waals surface area contributed by atoms with E-state index in [4.69, 9.17) is 4.74 Å². The van der Waals surface area contributed by atoms with E-state index < -0.39 is 0 Å². The number of benzene rings is 2. The van der Waals surface area contributed by atoms with Gasteiger partial charge in [-0.25, -0.2) is 0 Å². The van der Waals surface area contributed by atoms with Gasteiger partial charge in [0, 0.05) is 31.6 Å². The Kier molecular flexibility index (Phi) is 3.68. The molecule has 0 radical (unpaired) electrons. The number of fused-ring (bicyclic) bond motifs is 2. The Labute approximate surface area is 144 Å². The van der Waals surface area contributed by atoms with Crippen molar-refractivity contribution in [2.75, 3.05) is 26.1 Å². The van der Waals surface area contributed by atoms with Gasteiger partial charge in [0.1, 0.15) is 5.75 Å². The van der Waals surface area contributed by atoms with E-state index in [2.05, 4.69) is 79.7 Å². The number of anilines is 1. The Bertz CT molecular complexity index is 797. The standard InChI is InChI=1S/C22H23NO/c1-23(2)19-10-6-15(7-11-19)21-17-4-5-18(14-17)22(21)16-8-12-20(24-3)13-9-16/h4-13,17-18H,14H2,1-3H3. The van der Waals surface area contributed by atoms with Crippen molar-refractivity contribution >= 4 is 16.8 Å². The average Bonchev–Trinajstić information content (AvgIpc) is 3.23. The van der Waals surface area contributed by atoms with Gasteiger partial charge in [-0.1, -0.05) is 36.4 Å². The molecule has 0 saturated heterocycles. The molecule has 0 amide bonds. The van der Waals surface area contributed by atoms with Crippen LogP contribution in [0.1, 0.15) is 17.5 Å². The zero-order chi connectivity index (χ0) is 16.7. The molecule has 0 N–H and O–H groups in total. The minimum atomic E-state index is 0.548. The Morgan fingerprint density at radius 1 is 0.792 bits per heavy atom. The van der Waals surface area contributed by atoms with E-state index >= 15 is 0 Å². The van der Waals surface area contributed by atoms with Crippen LogP contribution in [0.25, 0.3) is 11.1 Å². The lowest BCUT2D eigenvalue weighted by atomic mass is 9.87. The van der Waals surface area contributed by atoms with Gasteiger partial charge in [0.25, 0.3) is 0 Å². The Morgan fingerprint density at radius 3 is 1.75 bits per heavy atom. The second-order valence-corrected chi connectivity index (χ2v) is 6.83. The molecular formula is C22H23NO. The lowest BCUT2D eigenvalue weighted by Crippen LogP contribution is -2.08. The highest BCUT2D eigenvalue weighted by Crippen LogP contribution is 2.52. The fourth-order valence-corrected chi connectivity index (χ4v) is 3.98. The van der Waals surface area contributed by atoms with Crippen LogP contribution in [0.5, 0.6) is 5.75 Å². The van der Waals surface area contributed by atoms with Gasteiger partial charge in [-0.05, 0) is 53.0 Å². The summed E-state index contributed by atoms with van der Waals surface area (Å²) in [7, 11) is 5.88. The van der Waals surface area contributed by atoms with Crippen molar-refractivity contribution in [3.8, 4) is 5.75 Å². The largest absolute Gasteiger partial charge is 0.497 e. The number of ether oxygens (including phenoxy) is 1. The molecule has 0 fully saturated rings. The molecule has 2 aliphatic carbocycles. The van der Waals surface area contributed by atoms with Crippen molar-refractivity contribution in [3.05, 3.63) is 71.8 Å². The van der Waals surface area contributed by atoms with Crippen molar-refractivity contribution in [3.63, 3.8) is 0 Å². The smallest absolute Gasteiger partial charge is 0.118 e. The topological polar surface area (TPSA) is 12.5 Å². The Balaban J connectivity index is 1.78. The first-order valence-electron chi connectivity index (χ1n) is 8.52. The SMILES string of the molecule is COc1ccc(C2=C(c3ccc(N(C)C)cc3)C3C=CC2C3)cc1. The number of hydrogen-bond donors (Lipinski definition) is 0. The summed E-state index contributed by atoms with van der Waals surface area (Å²) in [6, 6.07) is 17.5. The van der Waals surface area contributed by atoms with Crippen LogP contribution in [0.15, 0.2) is 60.7 Å². The molecule has 2 bridgehead atoms. The fraction of sp³-hybridized carbons (Fsp3) is 0.273. The van der Waals surface area contributed by atoms with E-state index in [-0.39, 0.29) is 0 Å². The summed E-state index contributed by atoms with van der Waals surface area (Å²) in [4.78, 5) is 2.14. The van der Waals surface area contributed by atoms with Gasteiger partial charge in [0.05, 0.1) is 7.11 Å². The van der Waals surface area contributed by atoms with Crippen molar-refractivity contribution in [2.45, 2.75) is 6.42 Å². The van der Waals surface area contributed by atoms with Gasteiger partial charge in [-0.3, -0.25) is 0 Å². The summed E-state index contributed by atoms with van der Waals surface area (Å²) >= 11 is 0. The lowest BCUT2D eigenvalue weighted by Gasteiger charge is -2.19. The van der Waals surface area contributed by atoms with Crippen LogP contribution in [-0.4, -0.2) is 21.2 Å². The zero-order valence-corrected chi connectivity index (χ0v) is 14.5. The van der Waals surface area contributed by atoms with E-state index in [0.717, 1.165) is 5.75 Å². The average molecular weight is 317 g/mol. The molecule has 24 heavy (non-hydrogen) atoms. The van der Waals surface area contributed by atoms with Crippen LogP contribution in [0, 0.1) is 11.8 Å². The maximum atomic E-state index is 5.31. The highest BCUT2D eigenvalue weighted by Gasteiger charge is 2.36. The Morgan fingerprint density at radius 2 is 1.29 bits per heavy atom. The molecule has 122 valence electrons. The monoisotopic (exact) mass is 317 g/mol. The van der Waals surface area contributed by atoms with E-state index in [0.29, 0.717) is 11.8 Å². The highest BCUT2D eigenvalue weighted by atomic mass is 16.5. The molecule has 4 rings (SSSR count). The quantitative estimate of drug-likeness (QED) is 0.745. The molecule has 2 atom stereocenters. The van der Waals surface area contributed by atoms with Gasteiger partial charge in [-0.2, -0.15) is 0 Å². The summed E-state index contributed by atoms with van der Waals surface area (Å²) < 4.78 is 5.31. The lowest BCUT2D eigenvalue weighted by molar-refractivity contribution is 0.415. The molecule has 0 aliphatic heterocycles. The molecule has 2 unspecified atom stereocenters. The molecule has 0 saturated carbocycles. The predicted molar refractivity (Wildman–Crippen MR) is 101 cm³/mol. The number of hydrogen-bond acceptors (Lipinski definition) is 2. The van der Waals surface area contributed by atoms with E-state index in [1.54, 1.807) is 7.11 Å². The molecule has 2 aliphatic rings. The van der Waals surface area contributed by atoms with Crippen molar-refractivity contribution < 1.29 is 4.74 Å². The van der Waals surface area contributed by atoms with Crippen LogP contribution >= 0.6 is 0 Å². The van der Waals surface area contributed by atoms with E-state index in [1.807, 2.05) is 0 Å². The Hall–Kier alpha value is -2.48. The first-order valence-corrected chi connectivity index (χ1v) is 8.52. The highest BCUT2D eigenvalue weighted by molar-refractivity contribution is 5.98. The summed E-state index contributed by atoms with van der Waals surface area (Å²) in [5, 5.41) is 0. The minimum absolute atomic E-state index is 0.548. The van der Waals surface area contributed by atoms with Crippen molar-refractivity contribution in [1.29, 1.82) is 0 Å². The van der Waals surface area contributed by atoms with Crippen LogP contribution in [0.4, 0.5) is 5.69 Å². The second kappa shape index (κ2) is 5.86. The third-order valence-corrected chi connectivity index (χ3v) is 5.21. The third-order valence-electron chi connectivity index (χ3n) is 5.21. The maximum absolute atomic E-state index is 5.31. The third kappa shape index (κ3) is 2.43. The fourth-order valence-electron chi connectivity index (χ4n) is 3.98. The molecule has 2 nitrogen and oxygen atoms in total. The molecule has 2 aromatic carbocycles. The second-order valence-electron chi connectivity index (χ2n) is 6.83. The van der Waals surface area contributed by atoms with Gasteiger partial charge in [0.2, 0.25) is 0 Å². The van der Waals surface area contributed by atoms with E-state index in [9.17, 15) is 0 Å². The van der Waals surface area contributed by atoms with Crippen LogP contribution in [-0.2, 0) is 0 Å². The first kappa shape index (κ1) is 15.1. The summed E-state index contributed by atoms with van der Waals surface area (Å²) in [5.74, 6) is 2.01.